The summed E-state index contributed by atoms with van der Waals surface area (Å²) in [5.74, 6) is 1.83. The smallest absolute Gasteiger partial charge is 0.194 e. The maximum absolute atomic E-state index is 13.2. The quantitative estimate of drug-likeness (QED) is 0.357. The van der Waals surface area contributed by atoms with Crippen molar-refractivity contribution >= 4 is 41.4 Å². The molecule has 0 bridgehead atoms. The Morgan fingerprint density at radius 1 is 1.00 bits per heavy atom. The molecule has 4 rings (SSSR count). The molecule has 2 aliphatic heterocycles. The fourth-order valence-electron chi connectivity index (χ4n) is 4.10. The number of halogens is 2. The van der Waals surface area contributed by atoms with Crippen LogP contribution in [-0.2, 0) is 6.54 Å². The number of anilines is 2. The van der Waals surface area contributed by atoms with Gasteiger partial charge in [0.05, 0.1) is 6.54 Å². The van der Waals surface area contributed by atoms with Gasteiger partial charge in [0.15, 0.2) is 5.96 Å². The van der Waals surface area contributed by atoms with E-state index in [1.54, 1.807) is 0 Å². The van der Waals surface area contributed by atoms with Crippen LogP contribution in [0.2, 0.25) is 0 Å². The van der Waals surface area contributed by atoms with Crippen LogP contribution >= 0.6 is 24.0 Å². The highest BCUT2D eigenvalue weighted by atomic mass is 127. The largest absolute Gasteiger partial charge is 0.368 e. The molecular formula is C23H32FIN6. The fourth-order valence-corrected chi connectivity index (χ4v) is 4.10. The Kier molecular flexibility index (Phi) is 8.74. The van der Waals surface area contributed by atoms with Crippen molar-refractivity contribution in [2.45, 2.75) is 26.3 Å². The summed E-state index contributed by atoms with van der Waals surface area (Å²) in [4.78, 5) is 16.4. The number of rotatable bonds is 5. The number of hydrogen-bond donors (Lipinski definition) is 1. The molecule has 2 fully saturated rings. The van der Waals surface area contributed by atoms with Gasteiger partial charge in [-0.3, -0.25) is 0 Å². The minimum atomic E-state index is -0.192. The molecule has 6 nitrogen and oxygen atoms in total. The predicted octanol–water partition coefficient (Wildman–Crippen LogP) is 3.73. The van der Waals surface area contributed by atoms with E-state index in [1.807, 2.05) is 18.3 Å². The fraction of sp³-hybridized carbons (Fsp3) is 0.478. The maximum atomic E-state index is 13.2. The van der Waals surface area contributed by atoms with E-state index in [9.17, 15) is 4.39 Å². The molecule has 2 aliphatic rings. The lowest BCUT2D eigenvalue weighted by molar-refractivity contribution is 0.372. The van der Waals surface area contributed by atoms with Crippen molar-refractivity contribution < 1.29 is 4.39 Å². The zero-order chi connectivity index (χ0) is 20.8. The second kappa shape index (κ2) is 11.5. The van der Waals surface area contributed by atoms with E-state index in [0.717, 1.165) is 63.3 Å². The van der Waals surface area contributed by atoms with Gasteiger partial charge in [-0.2, -0.15) is 0 Å². The molecule has 3 heterocycles. The Labute approximate surface area is 201 Å². The number of pyridine rings is 1. The Bertz CT molecular complexity index is 845. The van der Waals surface area contributed by atoms with Crippen LogP contribution in [0.4, 0.5) is 15.9 Å². The van der Waals surface area contributed by atoms with Crippen LogP contribution in [0.1, 0.15) is 25.3 Å². The van der Waals surface area contributed by atoms with Gasteiger partial charge in [0.25, 0.3) is 0 Å². The van der Waals surface area contributed by atoms with E-state index >= 15 is 0 Å². The van der Waals surface area contributed by atoms with E-state index < -0.39 is 0 Å². The molecule has 2 saturated heterocycles. The van der Waals surface area contributed by atoms with Crippen molar-refractivity contribution in [3.8, 4) is 0 Å². The average Bonchev–Trinajstić information content (AvgIpc) is 3.33. The molecule has 1 aromatic carbocycles. The van der Waals surface area contributed by atoms with Gasteiger partial charge in [-0.25, -0.2) is 14.4 Å². The zero-order valence-corrected chi connectivity index (χ0v) is 20.5. The number of nitrogens with zero attached hydrogens (tertiary/aromatic N) is 5. The van der Waals surface area contributed by atoms with Crippen LogP contribution in [0.15, 0.2) is 47.6 Å². The molecule has 0 saturated carbocycles. The third-order valence-electron chi connectivity index (χ3n) is 5.76. The third kappa shape index (κ3) is 6.21. The summed E-state index contributed by atoms with van der Waals surface area (Å²) in [5.41, 5.74) is 2.26. The average molecular weight is 538 g/mol. The molecule has 1 aromatic heterocycles. The van der Waals surface area contributed by atoms with E-state index in [1.165, 1.54) is 30.5 Å². The van der Waals surface area contributed by atoms with Crippen molar-refractivity contribution in [1.29, 1.82) is 0 Å². The topological polar surface area (TPSA) is 47.0 Å². The van der Waals surface area contributed by atoms with Crippen LogP contribution in [0.5, 0.6) is 0 Å². The van der Waals surface area contributed by atoms with Crippen molar-refractivity contribution in [2.24, 2.45) is 4.99 Å². The standard InChI is InChI=1S/C23H31FN6.HI/c1-2-25-23(27-18-19-9-10-26-22(17-19)29-11-3-4-12-29)30-15-13-28(14-16-30)21-7-5-20(24)6-8-21;/h5-10,17H,2-4,11-16,18H2,1H3,(H,25,27);1H. The van der Waals surface area contributed by atoms with E-state index in [-0.39, 0.29) is 29.8 Å². The van der Waals surface area contributed by atoms with Crippen LogP contribution in [0.25, 0.3) is 0 Å². The zero-order valence-electron chi connectivity index (χ0n) is 18.1. The summed E-state index contributed by atoms with van der Waals surface area (Å²) in [6.45, 7) is 9.34. The van der Waals surface area contributed by atoms with Crippen LogP contribution < -0.4 is 15.1 Å². The Balaban J connectivity index is 0.00000272. The summed E-state index contributed by atoms with van der Waals surface area (Å²) in [6, 6.07) is 11.0. The Hall–Kier alpha value is -2.10. The van der Waals surface area contributed by atoms with Crippen molar-refractivity contribution in [2.75, 3.05) is 55.6 Å². The first-order valence-corrected chi connectivity index (χ1v) is 11.0. The lowest BCUT2D eigenvalue weighted by atomic mass is 10.2. The van der Waals surface area contributed by atoms with Gasteiger partial charge in [-0.05, 0) is 61.7 Å². The molecule has 0 amide bonds. The first kappa shape index (κ1) is 23.6. The molecule has 0 unspecified atom stereocenters. The van der Waals surface area contributed by atoms with Gasteiger partial charge in [0.2, 0.25) is 0 Å². The SMILES string of the molecule is CCNC(=NCc1ccnc(N2CCCC2)c1)N1CCN(c2ccc(F)cc2)CC1.I. The van der Waals surface area contributed by atoms with Crippen molar-refractivity contribution in [3.05, 3.63) is 54.0 Å². The van der Waals surface area contributed by atoms with Crippen LogP contribution in [-0.4, -0.2) is 61.7 Å². The molecule has 0 atom stereocenters. The van der Waals surface area contributed by atoms with E-state index in [2.05, 4.69) is 44.1 Å². The summed E-state index contributed by atoms with van der Waals surface area (Å²) in [6.07, 6.45) is 4.39. The number of aromatic nitrogens is 1. The number of piperazine rings is 1. The van der Waals surface area contributed by atoms with Gasteiger partial charge < -0.3 is 20.0 Å². The normalized spacial score (nSPS) is 17.0. The molecule has 1 N–H and O–H groups in total. The highest BCUT2D eigenvalue weighted by molar-refractivity contribution is 14.0. The van der Waals surface area contributed by atoms with E-state index in [4.69, 9.17) is 4.99 Å². The van der Waals surface area contributed by atoms with Crippen molar-refractivity contribution in [3.63, 3.8) is 0 Å². The van der Waals surface area contributed by atoms with Crippen LogP contribution in [0, 0.1) is 5.82 Å². The first-order valence-electron chi connectivity index (χ1n) is 11.0. The molecule has 0 spiro atoms. The molecule has 0 radical (unpaired) electrons. The summed E-state index contributed by atoms with van der Waals surface area (Å²) < 4.78 is 13.2. The number of benzene rings is 1. The maximum Gasteiger partial charge on any atom is 0.194 e. The second-order valence-corrected chi connectivity index (χ2v) is 7.84. The minimum absolute atomic E-state index is 0. The van der Waals surface area contributed by atoms with E-state index in [0.29, 0.717) is 6.54 Å². The number of hydrogen-bond acceptors (Lipinski definition) is 4. The lowest BCUT2D eigenvalue weighted by Crippen LogP contribution is -2.52. The van der Waals surface area contributed by atoms with Gasteiger partial charge in [-0.15, -0.1) is 24.0 Å². The Morgan fingerprint density at radius 3 is 2.39 bits per heavy atom. The first-order chi connectivity index (χ1) is 14.7. The second-order valence-electron chi connectivity index (χ2n) is 7.84. The number of guanidine groups is 1. The molecule has 31 heavy (non-hydrogen) atoms. The van der Waals surface area contributed by atoms with Gasteiger partial charge >= 0.3 is 0 Å². The van der Waals surface area contributed by atoms with Gasteiger partial charge in [0.1, 0.15) is 11.6 Å². The third-order valence-corrected chi connectivity index (χ3v) is 5.76. The number of nitrogens with one attached hydrogen (secondary N) is 1. The highest BCUT2D eigenvalue weighted by Crippen LogP contribution is 2.19. The van der Waals surface area contributed by atoms with Gasteiger partial charge in [-0.1, -0.05) is 0 Å². The molecular weight excluding hydrogens is 506 g/mol. The summed E-state index contributed by atoms with van der Waals surface area (Å²) in [5, 5.41) is 3.44. The number of aliphatic imine (C=N–C) groups is 1. The monoisotopic (exact) mass is 538 g/mol. The molecule has 2 aromatic rings. The summed E-state index contributed by atoms with van der Waals surface area (Å²) in [7, 11) is 0. The minimum Gasteiger partial charge on any atom is -0.368 e. The molecule has 8 heteroatoms. The van der Waals surface area contributed by atoms with Gasteiger partial charge in [0, 0.05) is 57.7 Å². The van der Waals surface area contributed by atoms with Crippen molar-refractivity contribution in [1.82, 2.24) is 15.2 Å². The molecule has 0 aliphatic carbocycles. The molecule has 168 valence electrons. The Morgan fingerprint density at radius 2 is 1.71 bits per heavy atom. The summed E-state index contributed by atoms with van der Waals surface area (Å²) >= 11 is 0. The lowest BCUT2D eigenvalue weighted by Gasteiger charge is -2.37. The van der Waals surface area contributed by atoms with Crippen LogP contribution in [0.3, 0.4) is 0 Å². The highest BCUT2D eigenvalue weighted by Gasteiger charge is 2.20. The predicted molar refractivity (Wildman–Crippen MR) is 136 cm³/mol.